The van der Waals surface area contributed by atoms with Gasteiger partial charge in [0.15, 0.2) is 6.04 Å². The van der Waals surface area contributed by atoms with Gasteiger partial charge in [-0.1, -0.05) is 60.7 Å². The SMILES string of the molecule is CCOC(=O)[C@H](N)CCC(=O)N[C@H](CSCc1ccccc1)C(=O)N[C@@H](C(=O)OCC)c1ccccc1. The Morgan fingerprint density at radius 1 is 0.865 bits per heavy atom. The standard InChI is InChI=1S/C27H35N3O6S/c1-3-35-26(33)21(28)15-16-23(31)29-22(18-37-17-19-11-7-5-8-12-19)25(32)30-24(27(34)36-4-2)20-13-9-6-10-14-20/h5-14,21-22,24H,3-4,15-18,28H2,1-2H3,(H,29,31)(H,30,32)/t21-,22-,24-/m1/s1. The van der Waals surface area contributed by atoms with Crippen LogP contribution in [-0.4, -0.2) is 54.8 Å². The van der Waals surface area contributed by atoms with Crippen LogP contribution in [0, 0.1) is 0 Å². The van der Waals surface area contributed by atoms with Crippen molar-refractivity contribution < 1.29 is 28.7 Å². The number of nitrogens with one attached hydrogen (secondary N) is 2. The second-order valence-corrected chi connectivity index (χ2v) is 9.15. The third kappa shape index (κ3) is 10.6. The molecule has 0 aliphatic carbocycles. The Morgan fingerprint density at radius 2 is 1.46 bits per heavy atom. The molecule has 0 aromatic heterocycles. The Balaban J connectivity index is 2.10. The summed E-state index contributed by atoms with van der Waals surface area (Å²) in [5.74, 6) is -1.24. The zero-order chi connectivity index (χ0) is 27.0. The summed E-state index contributed by atoms with van der Waals surface area (Å²) in [5.41, 5.74) is 7.43. The van der Waals surface area contributed by atoms with E-state index in [2.05, 4.69) is 10.6 Å². The van der Waals surface area contributed by atoms with E-state index in [0.717, 1.165) is 5.56 Å². The summed E-state index contributed by atoms with van der Waals surface area (Å²) in [6, 6.07) is 15.6. The highest BCUT2D eigenvalue weighted by atomic mass is 32.2. The molecular weight excluding hydrogens is 494 g/mol. The summed E-state index contributed by atoms with van der Waals surface area (Å²) in [5, 5.41) is 5.46. The third-order valence-corrected chi connectivity index (χ3v) is 6.37. The zero-order valence-corrected chi connectivity index (χ0v) is 22.0. The molecule has 4 N–H and O–H groups in total. The molecule has 0 fully saturated rings. The highest BCUT2D eigenvalue weighted by Crippen LogP contribution is 2.17. The highest BCUT2D eigenvalue weighted by Gasteiger charge is 2.29. The van der Waals surface area contributed by atoms with Crippen molar-refractivity contribution in [2.75, 3.05) is 19.0 Å². The molecule has 2 aromatic carbocycles. The maximum Gasteiger partial charge on any atom is 0.333 e. The second kappa shape index (κ2) is 16.4. The number of ether oxygens (including phenoxy) is 2. The first kappa shape index (κ1) is 29.9. The lowest BCUT2D eigenvalue weighted by Crippen LogP contribution is -2.50. The van der Waals surface area contributed by atoms with Crippen LogP contribution in [0.2, 0.25) is 0 Å². The Labute approximate surface area is 221 Å². The van der Waals surface area contributed by atoms with Crippen molar-refractivity contribution in [3.05, 3.63) is 71.8 Å². The predicted octanol–water partition coefficient (Wildman–Crippen LogP) is 2.50. The first-order chi connectivity index (χ1) is 17.8. The van der Waals surface area contributed by atoms with Gasteiger partial charge in [0, 0.05) is 17.9 Å². The van der Waals surface area contributed by atoms with E-state index < -0.39 is 41.9 Å². The fourth-order valence-electron chi connectivity index (χ4n) is 3.36. The van der Waals surface area contributed by atoms with Crippen LogP contribution in [0.25, 0.3) is 0 Å². The second-order valence-electron chi connectivity index (χ2n) is 8.12. The molecule has 2 rings (SSSR count). The van der Waals surface area contributed by atoms with Crippen LogP contribution in [0.3, 0.4) is 0 Å². The molecule has 0 bridgehead atoms. The van der Waals surface area contributed by atoms with Gasteiger partial charge in [-0.2, -0.15) is 11.8 Å². The number of amides is 2. The fourth-order valence-corrected chi connectivity index (χ4v) is 4.38. The van der Waals surface area contributed by atoms with Crippen molar-refractivity contribution in [3.8, 4) is 0 Å². The molecule has 0 saturated carbocycles. The van der Waals surface area contributed by atoms with Gasteiger partial charge in [-0.05, 0) is 31.4 Å². The Kier molecular flexibility index (Phi) is 13.2. The van der Waals surface area contributed by atoms with Gasteiger partial charge < -0.3 is 25.8 Å². The fraction of sp³-hybridized carbons (Fsp3) is 0.407. The molecule has 0 radical (unpaired) electrons. The molecule has 3 atom stereocenters. The molecule has 2 aromatic rings. The number of hydrogen-bond donors (Lipinski definition) is 3. The molecule has 0 aliphatic rings. The van der Waals surface area contributed by atoms with E-state index in [1.54, 1.807) is 44.2 Å². The molecule has 0 unspecified atom stereocenters. The first-order valence-corrected chi connectivity index (χ1v) is 13.4. The third-order valence-electron chi connectivity index (χ3n) is 5.26. The van der Waals surface area contributed by atoms with Gasteiger partial charge in [-0.15, -0.1) is 0 Å². The summed E-state index contributed by atoms with van der Waals surface area (Å²) in [7, 11) is 0. The van der Waals surface area contributed by atoms with Crippen LogP contribution < -0.4 is 16.4 Å². The van der Waals surface area contributed by atoms with E-state index in [-0.39, 0.29) is 31.8 Å². The van der Waals surface area contributed by atoms with Gasteiger partial charge in [0.05, 0.1) is 13.2 Å². The lowest BCUT2D eigenvalue weighted by Gasteiger charge is -2.23. The van der Waals surface area contributed by atoms with Crippen molar-refractivity contribution >= 4 is 35.5 Å². The summed E-state index contributed by atoms with van der Waals surface area (Å²) < 4.78 is 10.0. The average Bonchev–Trinajstić information content (AvgIpc) is 2.91. The predicted molar refractivity (Wildman–Crippen MR) is 142 cm³/mol. The molecule has 0 saturated heterocycles. The molecule has 10 heteroatoms. The first-order valence-electron chi connectivity index (χ1n) is 12.2. The van der Waals surface area contributed by atoms with Crippen molar-refractivity contribution in [2.24, 2.45) is 5.73 Å². The summed E-state index contributed by atoms with van der Waals surface area (Å²) >= 11 is 1.47. The van der Waals surface area contributed by atoms with Gasteiger partial charge in [0.1, 0.15) is 12.1 Å². The molecule has 9 nitrogen and oxygen atoms in total. The summed E-state index contributed by atoms with van der Waals surface area (Å²) in [6.45, 7) is 3.72. The van der Waals surface area contributed by atoms with Gasteiger partial charge in [0.25, 0.3) is 0 Å². The normalized spacial score (nSPS) is 13.1. The van der Waals surface area contributed by atoms with E-state index in [1.807, 2.05) is 30.3 Å². The van der Waals surface area contributed by atoms with Gasteiger partial charge >= 0.3 is 11.9 Å². The Bertz CT molecular complexity index is 1010. The van der Waals surface area contributed by atoms with Crippen molar-refractivity contribution in [2.45, 2.75) is 50.6 Å². The average molecular weight is 530 g/mol. The van der Waals surface area contributed by atoms with Gasteiger partial charge in [-0.3, -0.25) is 14.4 Å². The number of benzene rings is 2. The number of rotatable bonds is 15. The minimum atomic E-state index is -1.02. The molecule has 37 heavy (non-hydrogen) atoms. The number of nitrogens with two attached hydrogens (primary N) is 1. The molecule has 2 amide bonds. The van der Waals surface area contributed by atoms with Crippen LogP contribution in [0.5, 0.6) is 0 Å². The van der Waals surface area contributed by atoms with E-state index >= 15 is 0 Å². The quantitative estimate of drug-likeness (QED) is 0.299. The van der Waals surface area contributed by atoms with Crippen molar-refractivity contribution in [1.82, 2.24) is 10.6 Å². The van der Waals surface area contributed by atoms with Crippen LogP contribution in [0.15, 0.2) is 60.7 Å². The number of thioether (sulfide) groups is 1. The van der Waals surface area contributed by atoms with Crippen LogP contribution in [0.4, 0.5) is 0 Å². The highest BCUT2D eigenvalue weighted by molar-refractivity contribution is 7.98. The minimum Gasteiger partial charge on any atom is -0.465 e. The van der Waals surface area contributed by atoms with E-state index in [4.69, 9.17) is 15.2 Å². The topological polar surface area (TPSA) is 137 Å². The maximum atomic E-state index is 13.3. The van der Waals surface area contributed by atoms with E-state index in [1.165, 1.54) is 11.8 Å². The van der Waals surface area contributed by atoms with E-state index in [9.17, 15) is 19.2 Å². The number of esters is 2. The number of hydrogen-bond acceptors (Lipinski definition) is 8. The maximum absolute atomic E-state index is 13.3. The van der Waals surface area contributed by atoms with Gasteiger partial charge in [0.2, 0.25) is 11.8 Å². The molecule has 0 aliphatic heterocycles. The number of carbonyl (C=O) groups excluding carboxylic acids is 4. The van der Waals surface area contributed by atoms with Crippen LogP contribution in [-0.2, 0) is 34.4 Å². The lowest BCUT2D eigenvalue weighted by molar-refractivity contribution is -0.147. The Morgan fingerprint density at radius 3 is 2.08 bits per heavy atom. The smallest absolute Gasteiger partial charge is 0.333 e. The number of carbonyl (C=O) groups is 4. The zero-order valence-electron chi connectivity index (χ0n) is 21.2. The van der Waals surface area contributed by atoms with E-state index in [0.29, 0.717) is 11.3 Å². The molecule has 0 heterocycles. The largest absolute Gasteiger partial charge is 0.465 e. The minimum absolute atomic E-state index is 0.0624. The molecular formula is C27H35N3O6S. The van der Waals surface area contributed by atoms with Crippen LogP contribution in [0.1, 0.15) is 43.9 Å². The summed E-state index contributed by atoms with van der Waals surface area (Å²) in [6.07, 6.45) is 0.0126. The summed E-state index contributed by atoms with van der Waals surface area (Å²) in [4.78, 5) is 50.3. The monoisotopic (exact) mass is 529 g/mol. The van der Waals surface area contributed by atoms with Crippen molar-refractivity contribution in [1.29, 1.82) is 0 Å². The Hall–Kier alpha value is -3.37. The molecule has 200 valence electrons. The lowest BCUT2D eigenvalue weighted by atomic mass is 10.1. The van der Waals surface area contributed by atoms with Crippen molar-refractivity contribution in [3.63, 3.8) is 0 Å². The van der Waals surface area contributed by atoms with Crippen LogP contribution >= 0.6 is 11.8 Å². The van der Waals surface area contributed by atoms with Gasteiger partial charge in [-0.25, -0.2) is 4.79 Å². The molecule has 0 spiro atoms.